The van der Waals surface area contributed by atoms with Gasteiger partial charge in [-0.3, -0.25) is 23.5 Å². The molecule has 0 bridgehead atoms. The molecule has 2 aromatic carbocycles. The van der Waals surface area contributed by atoms with Gasteiger partial charge in [0.1, 0.15) is 6.54 Å². The zero-order chi connectivity index (χ0) is 25.5. The lowest BCUT2D eigenvalue weighted by Gasteiger charge is -2.23. The first-order valence-corrected chi connectivity index (χ1v) is 12.8. The number of hydrogen-bond donors (Lipinski definition) is 2. The molecular formula is C28H34N4O4. The van der Waals surface area contributed by atoms with Gasteiger partial charge in [-0.1, -0.05) is 61.2 Å². The fourth-order valence-electron chi connectivity index (χ4n) is 4.78. The maximum atomic E-state index is 13.3. The van der Waals surface area contributed by atoms with Crippen molar-refractivity contribution in [1.82, 2.24) is 19.8 Å². The zero-order valence-electron chi connectivity index (χ0n) is 20.8. The summed E-state index contributed by atoms with van der Waals surface area (Å²) in [4.78, 5) is 51.5. The van der Waals surface area contributed by atoms with Crippen molar-refractivity contribution in [3.05, 3.63) is 80.5 Å². The number of aryl methyl sites for hydroxylation is 1. The topological polar surface area (TPSA) is 102 Å². The largest absolute Gasteiger partial charge is 0.352 e. The van der Waals surface area contributed by atoms with Gasteiger partial charge >= 0.3 is 5.69 Å². The normalized spacial score (nSPS) is 14.0. The van der Waals surface area contributed by atoms with Gasteiger partial charge < -0.3 is 10.6 Å². The second-order valence-electron chi connectivity index (χ2n) is 9.61. The van der Waals surface area contributed by atoms with Crippen molar-refractivity contribution in [3.8, 4) is 0 Å². The summed E-state index contributed by atoms with van der Waals surface area (Å²) in [6.07, 6.45) is 5.80. The molecule has 0 atom stereocenters. The molecule has 1 heterocycles. The Morgan fingerprint density at radius 3 is 2.39 bits per heavy atom. The monoisotopic (exact) mass is 490 g/mol. The summed E-state index contributed by atoms with van der Waals surface area (Å²) in [5.41, 5.74) is 1.67. The summed E-state index contributed by atoms with van der Waals surface area (Å²) in [7, 11) is 0. The molecule has 1 saturated carbocycles. The van der Waals surface area contributed by atoms with E-state index in [2.05, 4.69) is 10.6 Å². The van der Waals surface area contributed by atoms with E-state index in [0.29, 0.717) is 23.9 Å². The van der Waals surface area contributed by atoms with Crippen molar-refractivity contribution in [2.75, 3.05) is 0 Å². The fraction of sp³-hybridized carbons (Fsp3) is 0.429. The standard InChI is InChI=1S/C28H34N4O4/c1-20-13-15-21(16-14-20)18-29-25(33)12-7-17-31-27(35)23-10-5-6-11-24(23)32(28(31)36)19-26(34)30-22-8-3-2-4-9-22/h5-6,10-11,13-16,22H,2-4,7-9,12,17-19H2,1H3,(H,29,33)(H,30,34). The first-order chi connectivity index (χ1) is 17.4. The molecule has 0 unspecified atom stereocenters. The number of para-hydroxylation sites is 1. The summed E-state index contributed by atoms with van der Waals surface area (Å²) in [6.45, 7) is 2.39. The van der Waals surface area contributed by atoms with Gasteiger partial charge in [0.15, 0.2) is 0 Å². The predicted octanol–water partition coefficient (Wildman–Crippen LogP) is 3.02. The molecule has 8 nitrogen and oxygen atoms in total. The van der Waals surface area contributed by atoms with Crippen LogP contribution in [0.3, 0.4) is 0 Å². The van der Waals surface area contributed by atoms with Crippen molar-refractivity contribution < 1.29 is 9.59 Å². The lowest BCUT2D eigenvalue weighted by molar-refractivity contribution is -0.123. The first kappa shape index (κ1) is 25.4. The van der Waals surface area contributed by atoms with Crippen molar-refractivity contribution in [2.45, 2.75) is 77.5 Å². The molecule has 1 aliphatic rings. The van der Waals surface area contributed by atoms with E-state index in [0.717, 1.165) is 41.4 Å². The van der Waals surface area contributed by atoms with E-state index in [1.165, 1.54) is 11.0 Å². The Kier molecular flexibility index (Phi) is 8.36. The van der Waals surface area contributed by atoms with Crippen molar-refractivity contribution >= 4 is 22.7 Å². The summed E-state index contributed by atoms with van der Waals surface area (Å²) in [6, 6.07) is 14.9. The summed E-state index contributed by atoms with van der Waals surface area (Å²) in [5.74, 6) is -0.369. The second kappa shape index (κ2) is 11.8. The molecule has 36 heavy (non-hydrogen) atoms. The molecule has 190 valence electrons. The maximum Gasteiger partial charge on any atom is 0.331 e. The summed E-state index contributed by atoms with van der Waals surface area (Å²) in [5, 5.41) is 6.30. The highest BCUT2D eigenvalue weighted by atomic mass is 16.2. The Morgan fingerprint density at radius 1 is 0.917 bits per heavy atom. The minimum absolute atomic E-state index is 0.102. The van der Waals surface area contributed by atoms with E-state index in [-0.39, 0.29) is 37.4 Å². The highest BCUT2D eigenvalue weighted by Crippen LogP contribution is 2.17. The number of benzene rings is 2. The van der Waals surface area contributed by atoms with Crippen LogP contribution < -0.4 is 21.9 Å². The molecule has 4 rings (SSSR count). The smallest absolute Gasteiger partial charge is 0.331 e. The van der Waals surface area contributed by atoms with Gasteiger partial charge in [-0.15, -0.1) is 0 Å². The lowest BCUT2D eigenvalue weighted by Crippen LogP contribution is -2.44. The van der Waals surface area contributed by atoms with Gasteiger partial charge in [-0.25, -0.2) is 4.79 Å². The average molecular weight is 491 g/mol. The van der Waals surface area contributed by atoms with Crippen molar-refractivity contribution in [2.24, 2.45) is 0 Å². The minimum Gasteiger partial charge on any atom is -0.352 e. The van der Waals surface area contributed by atoms with Crippen LogP contribution in [0.5, 0.6) is 0 Å². The number of nitrogens with zero attached hydrogens (tertiary/aromatic N) is 2. The van der Waals surface area contributed by atoms with Crippen LogP contribution in [-0.2, 0) is 29.2 Å². The molecule has 1 aromatic heterocycles. The third kappa shape index (κ3) is 6.30. The number of amides is 2. The van der Waals surface area contributed by atoms with Crippen LogP contribution in [0.1, 0.15) is 56.1 Å². The Balaban J connectivity index is 1.44. The van der Waals surface area contributed by atoms with Gasteiger partial charge in [0.2, 0.25) is 11.8 Å². The molecule has 2 N–H and O–H groups in total. The molecule has 3 aromatic rings. The number of carbonyl (C=O) groups excluding carboxylic acids is 2. The second-order valence-corrected chi connectivity index (χ2v) is 9.61. The van der Waals surface area contributed by atoms with E-state index in [1.807, 2.05) is 31.2 Å². The van der Waals surface area contributed by atoms with Crippen LogP contribution in [0.2, 0.25) is 0 Å². The number of hydrogen-bond acceptors (Lipinski definition) is 4. The summed E-state index contributed by atoms with van der Waals surface area (Å²) < 4.78 is 2.51. The third-order valence-corrected chi connectivity index (χ3v) is 6.80. The van der Waals surface area contributed by atoms with Gasteiger partial charge in [0, 0.05) is 25.6 Å². The minimum atomic E-state index is -0.530. The molecule has 1 aliphatic carbocycles. The Bertz CT molecular complexity index is 1330. The van der Waals surface area contributed by atoms with Crippen molar-refractivity contribution in [3.63, 3.8) is 0 Å². The van der Waals surface area contributed by atoms with Crippen LogP contribution in [0, 0.1) is 6.92 Å². The first-order valence-electron chi connectivity index (χ1n) is 12.8. The quantitative estimate of drug-likeness (QED) is 0.481. The van der Waals surface area contributed by atoms with Gasteiger partial charge in [-0.2, -0.15) is 0 Å². The summed E-state index contributed by atoms with van der Waals surface area (Å²) >= 11 is 0. The number of rotatable bonds is 9. The molecule has 0 aliphatic heterocycles. The fourth-order valence-corrected chi connectivity index (χ4v) is 4.78. The molecular weight excluding hydrogens is 456 g/mol. The average Bonchev–Trinajstić information content (AvgIpc) is 2.89. The SMILES string of the molecule is Cc1ccc(CNC(=O)CCCn2c(=O)c3ccccc3n(CC(=O)NC3CCCCC3)c2=O)cc1. The molecule has 2 amide bonds. The Hall–Kier alpha value is -3.68. The lowest BCUT2D eigenvalue weighted by atomic mass is 9.95. The zero-order valence-corrected chi connectivity index (χ0v) is 20.8. The number of aromatic nitrogens is 2. The number of fused-ring (bicyclic) bond motifs is 1. The predicted molar refractivity (Wildman–Crippen MR) is 140 cm³/mol. The van der Waals surface area contributed by atoms with Gasteiger partial charge in [-0.05, 0) is 43.9 Å². The van der Waals surface area contributed by atoms with Crippen LogP contribution in [0.25, 0.3) is 10.9 Å². The van der Waals surface area contributed by atoms with E-state index in [9.17, 15) is 19.2 Å². The third-order valence-electron chi connectivity index (χ3n) is 6.80. The number of carbonyl (C=O) groups is 2. The van der Waals surface area contributed by atoms with E-state index >= 15 is 0 Å². The highest BCUT2D eigenvalue weighted by Gasteiger charge is 2.19. The van der Waals surface area contributed by atoms with Crippen LogP contribution in [0.4, 0.5) is 0 Å². The molecule has 1 fully saturated rings. The van der Waals surface area contributed by atoms with Crippen LogP contribution >= 0.6 is 0 Å². The Labute approximate surface area is 210 Å². The maximum absolute atomic E-state index is 13.3. The molecule has 8 heteroatoms. The van der Waals surface area contributed by atoms with E-state index < -0.39 is 11.2 Å². The van der Waals surface area contributed by atoms with Crippen molar-refractivity contribution in [1.29, 1.82) is 0 Å². The molecule has 0 radical (unpaired) electrons. The molecule has 0 saturated heterocycles. The molecule has 0 spiro atoms. The van der Waals surface area contributed by atoms with Gasteiger partial charge in [0.05, 0.1) is 10.9 Å². The van der Waals surface area contributed by atoms with Crippen LogP contribution in [0.15, 0.2) is 58.1 Å². The highest BCUT2D eigenvalue weighted by molar-refractivity contribution is 5.81. The number of nitrogens with one attached hydrogen (secondary N) is 2. The Morgan fingerprint density at radius 2 is 1.64 bits per heavy atom. The van der Waals surface area contributed by atoms with Gasteiger partial charge in [0.25, 0.3) is 5.56 Å². The van der Waals surface area contributed by atoms with E-state index in [1.54, 1.807) is 24.3 Å². The van der Waals surface area contributed by atoms with Crippen LogP contribution in [-0.4, -0.2) is 27.0 Å². The van der Waals surface area contributed by atoms with E-state index in [4.69, 9.17) is 0 Å².